The maximum Gasteiger partial charge on any atom is 0.142 e. The summed E-state index contributed by atoms with van der Waals surface area (Å²) in [5.74, 6) is 0.634. The van der Waals surface area contributed by atoms with Crippen LogP contribution in [-0.2, 0) is 0 Å². The molecule has 1 aromatic rings. The minimum atomic E-state index is 0.0335. The lowest BCUT2D eigenvalue weighted by Crippen LogP contribution is -2.27. The van der Waals surface area contributed by atoms with Crippen LogP contribution in [-0.4, -0.2) is 32.6 Å². The summed E-state index contributed by atoms with van der Waals surface area (Å²) in [6.07, 6.45) is 0. The molecule has 0 aliphatic heterocycles. The number of rotatable bonds is 4. The predicted molar refractivity (Wildman–Crippen MR) is 68.5 cm³/mol. The molecule has 1 atom stereocenters. The zero-order chi connectivity index (χ0) is 12.3. The van der Waals surface area contributed by atoms with Crippen molar-refractivity contribution in [1.82, 2.24) is 4.90 Å². The van der Waals surface area contributed by atoms with Crippen LogP contribution in [0.4, 0.5) is 0 Å². The van der Waals surface area contributed by atoms with Crippen LogP contribution >= 0.6 is 23.2 Å². The Morgan fingerprint density at radius 1 is 1.38 bits per heavy atom. The largest absolute Gasteiger partial charge is 0.495 e. The average Bonchev–Trinajstić information content (AvgIpc) is 2.17. The predicted octanol–water partition coefficient (Wildman–Crippen LogP) is 2.56. The second-order valence-electron chi connectivity index (χ2n) is 3.73. The van der Waals surface area contributed by atoms with E-state index in [0.717, 1.165) is 5.56 Å². The Labute approximate surface area is 106 Å². The summed E-state index contributed by atoms with van der Waals surface area (Å²) in [5, 5.41) is 1.09. The first kappa shape index (κ1) is 13.6. The van der Waals surface area contributed by atoms with Crippen molar-refractivity contribution in [1.29, 1.82) is 0 Å². The van der Waals surface area contributed by atoms with Gasteiger partial charge in [-0.1, -0.05) is 23.2 Å². The van der Waals surface area contributed by atoms with Gasteiger partial charge in [-0.25, -0.2) is 0 Å². The summed E-state index contributed by atoms with van der Waals surface area (Å²) < 4.78 is 5.29. The molecule has 5 heteroatoms. The van der Waals surface area contributed by atoms with E-state index in [1.165, 1.54) is 0 Å². The Kier molecular flexibility index (Phi) is 4.87. The standard InChI is InChI=1S/C11H16Cl2N2O/c1-15(2)10(6-14)8-4-7(12)5-9(13)11(8)16-3/h4-5,10H,6,14H2,1-3H3. The number of likely N-dealkylation sites (N-methyl/N-ethyl adjacent to an activating group) is 1. The van der Waals surface area contributed by atoms with E-state index in [1.807, 2.05) is 25.1 Å². The van der Waals surface area contributed by atoms with E-state index in [-0.39, 0.29) is 6.04 Å². The lowest BCUT2D eigenvalue weighted by molar-refractivity contribution is 0.295. The number of nitrogens with zero attached hydrogens (tertiary/aromatic N) is 1. The van der Waals surface area contributed by atoms with Gasteiger partial charge < -0.3 is 15.4 Å². The molecule has 0 bridgehead atoms. The first-order valence-electron chi connectivity index (χ1n) is 4.90. The molecule has 0 aromatic heterocycles. The maximum atomic E-state index is 6.07. The third-order valence-electron chi connectivity index (χ3n) is 2.45. The number of methoxy groups -OCH3 is 1. The molecule has 1 aromatic carbocycles. The fourth-order valence-corrected chi connectivity index (χ4v) is 2.25. The van der Waals surface area contributed by atoms with Gasteiger partial charge in [0.2, 0.25) is 0 Å². The summed E-state index contributed by atoms with van der Waals surface area (Å²) in [6.45, 7) is 0.472. The summed E-state index contributed by atoms with van der Waals surface area (Å²) in [6, 6.07) is 3.53. The molecule has 0 spiro atoms. The van der Waals surface area contributed by atoms with Crippen molar-refractivity contribution < 1.29 is 4.74 Å². The van der Waals surface area contributed by atoms with Crippen molar-refractivity contribution in [3.8, 4) is 5.75 Å². The number of halogens is 2. The van der Waals surface area contributed by atoms with Crippen LogP contribution < -0.4 is 10.5 Å². The Balaban J connectivity index is 3.29. The van der Waals surface area contributed by atoms with Gasteiger partial charge >= 0.3 is 0 Å². The number of hydrogen-bond donors (Lipinski definition) is 1. The zero-order valence-corrected chi connectivity index (χ0v) is 11.1. The first-order chi connectivity index (χ1) is 7.51. The van der Waals surface area contributed by atoms with Crippen molar-refractivity contribution in [2.75, 3.05) is 27.7 Å². The SMILES string of the molecule is COc1c(Cl)cc(Cl)cc1C(CN)N(C)C. The van der Waals surface area contributed by atoms with E-state index in [9.17, 15) is 0 Å². The summed E-state index contributed by atoms with van der Waals surface area (Å²) in [7, 11) is 5.49. The molecule has 16 heavy (non-hydrogen) atoms. The van der Waals surface area contributed by atoms with E-state index in [2.05, 4.69) is 0 Å². The molecule has 0 aliphatic carbocycles. The van der Waals surface area contributed by atoms with Crippen LogP contribution in [0.1, 0.15) is 11.6 Å². The topological polar surface area (TPSA) is 38.5 Å². The first-order valence-corrected chi connectivity index (χ1v) is 5.66. The van der Waals surface area contributed by atoms with Gasteiger partial charge in [0, 0.05) is 17.1 Å². The molecule has 3 nitrogen and oxygen atoms in total. The lowest BCUT2D eigenvalue weighted by atomic mass is 10.0. The Bertz CT molecular complexity index is 369. The quantitative estimate of drug-likeness (QED) is 0.907. The minimum absolute atomic E-state index is 0.0335. The number of ether oxygens (including phenoxy) is 1. The van der Waals surface area contributed by atoms with E-state index in [1.54, 1.807) is 13.2 Å². The molecule has 0 heterocycles. The van der Waals surface area contributed by atoms with Gasteiger partial charge in [0.15, 0.2) is 0 Å². The van der Waals surface area contributed by atoms with Crippen molar-refractivity contribution >= 4 is 23.2 Å². The summed E-state index contributed by atoms with van der Waals surface area (Å²) in [4.78, 5) is 2.00. The van der Waals surface area contributed by atoms with Crippen molar-refractivity contribution in [3.63, 3.8) is 0 Å². The second-order valence-corrected chi connectivity index (χ2v) is 4.57. The molecule has 0 amide bonds. The lowest BCUT2D eigenvalue weighted by Gasteiger charge is -2.25. The molecular formula is C11H16Cl2N2O. The molecule has 2 N–H and O–H groups in total. The van der Waals surface area contributed by atoms with Crippen LogP contribution in [0.3, 0.4) is 0 Å². The molecule has 0 radical (unpaired) electrons. The van der Waals surface area contributed by atoms with Gasteiger partial charge in [-0.3, -0.25) is 0 Å². The molecule has 1 unspecified atom stereocenters. The highest BCUT2D eigenvalue weighted by Crippen LogP contribution is 2.36. The van der Waals surface area contributed by atoms with Gasteiger partial charge in [0.25, 0.3) is 0 Å². The van der Waals surface area contributed by atoms with Crippen molar-refractivity contribution in [2.45, 2.75) is 6.04 Å². The van der Waals surface area contributed by atoms with E-state index in [4.69, 9.17) is 33.7 Å². The third-order valence-corrected chi connectivity index (χ3v) is 2.95. The normalized spacial score (nSPS) is 12.9. The Hall–Kier alpha value is -0.480. The zero-order valence-electron chi connectivity index (χ0n) is 9.63. The fourth-order valence-electron chi connectivity index (χ4n) is 1.66. The van der Waals surface area contributed by atoms with Crippen molar-refractivity contribution in [2.24, 2.45) is 5.73 Å². The van der Waals surface area contributed by atoms with Crippen LogP contribution in [0.5, 0.6) is 5.75 Å². The summed E-state index contributed by atoms with van der Waals surface area (Å²) >= 11 is 12.1. The van der Waals surface area contributed by atoms with Gasteiger partial charge in [0.1, 0.15) is 5.75 Å². The summed E-state index contributed by atoms with van der Waals surface area (Å²) in [5.41, 5.74) is 6.66. The third kappa shape index (κ3) is 2.80. The Morgan fingerprint density at radius 2 is 2.00 bits per heavy atom. The number of nitrogens with two attached hydrogens (primary N) is 1. The molecule has 0 aliphatic rings. The maximum absolute atomic E-state index is 6.07. The molecular weight excluding hydrogens is 247 g/mol. The van der Waals surface area contributed by atoms with Crippen LogP contribution in [0.15, 0.2) is 12.1 Å². The van der Waals surface area contributed by atoms with Gasteiger partial charge in [-0.05, 0) is 26.2 Å². The molecule has 1 rings (SSSR count). The average molecular weight is 263 g/mol. The second kappa shape index (κ2) is 5.73. The molecule has 90 valence electrons. The van der Waals surface area contributed by atoms with Gasteiger partial charge in [-0.15, -0.1) is 0 Å². The Morgan fingerprint density at radius 3 is 2.44 bits per heavy atom. The molecule has 0 saturated heterocycles. The smallest absolute Gasteiger partial charge is 0.142 e. The van der Waals surface area contributed by atoms with Crippen LogP contribution in [0, 0.1) is 0 Å². The van der Waals surface area contributed by atoms with Crippen LogP contribution in [0.25, 0.3) is 0 Å². The molecule has 0 fully saturated rings. The van der Waals surface area contributed by atoms with E-state index < -0.39 is 0 Å². The number of benzene rings is 1. The van der Waals surface area contributed by atoms with E-state index >= 15 is 0 Å². The molecule has 0 saturated carbocycles. The van der Waals surface area contributed by atoms with Crippen LogP contribution in [0.2, 0.25) is 10.0 Å². The fraction of sp³-hybridized carbons (Fsp3) is 0.455. The monoisotopic (exact) mass is 262 g/mol. The highest BCUT2D eigenvalue weighted by Gasteiger charge is 2.19. The van der Waals surface area contributed by atoms with Crippen molar-refractivity contribution in [3.05, 3.63) is 27.7 Å². The van der Waals surface area contributed by atoms with E-state index in [0.29, 0.717) is 22.3 Å². The minimum Gasteiger partial charge on any atom is -0.495 e. The highest BCUT2D eigenvalue weighted by molar-refractivity contribution is 6.35. The highest BCUT2D eigenvalue weighted by atomic mass is 35.5. The van der Waals surface area contributed by atoms with Gasteiger partial charge in [0.05, 0.1) is 18.2 Å². The number of hydrogen-bond acceptors (Lipinski definition) is 3. The van der Waals surface area contributed by atoms with Gasteiger partial charge in [-0.2, -0.15) is 0 Å².